The van der Waals surface area contributed by atoms with E-state index in [1.165, 1.54) is 17.4 Å². The molecule has 1 aromatic heterocycles. The zero-order valence-electron chi connectivity index (χ0n) is 6.47. The second-order valence-corrected chi connectivity index (χ2v) is 3.31. The minimum atomic E-state index is -0.352. The molecule has 0 amide bonds. The molecule has 0 spiro atoms. The molecule has 0 radical (unpaired) electrons. The van der Waals surface area contributed by atoms with Crippen molar-refractivity contribution < 1.29 is 4.92 Å². The largest absolute Gasteiger partial charge is 0.278 e. The van der Waals surface area contributed by atoms with Gasteiger partial charge < -0.3 is 0 Å². The van der Waals surface area contributed by atoms with E-state index in [9.17, 15) is 10.1 Å². The van der Waals surface area contributed by atoms with Crippen LogP contribution in [0.3, 0.4) is 0 Å². The quantitative estimate of drug-likeness (QED) is 0.542. The van der Waals surface area contributed by atoms with Gasteiger partial charge in [-0.3, -0.25) is 10.1 Å². The number of nitrogens with zero attached hydrogens (tertiary/aromatic N) is 1. The lowest BCUT2D eigenvalue weighted by atomic mass is 10.2. The maximum Gasteiger partial charge on any atom is 0.278 e. The second kappa shape index (κ2) is 3.72. The molecule has 2 rings (SSSR count). The Bertz CT molecular complexity index is 440. The summed E-state index contributed by atoms with van der Waals surface area (Å²) in [7, 11) is 0. The van der Waals surface area contributed by atoms with Crippen LogP contribution in [0.2, 0.25) is 0 Å². The van der Waals surface area contributed by atoms with E-state index in [0.29, 0.717) is 0 Å². The fourth-order valence-corrected chi connectivity index (χ4v) is 1.94. The molecule has 5 heteroatoms. The number of non-ortho nitro benzene ring substituents is 1. The van der Waals surface area contributed by atoms with Gasteiger partial charge >= 0.3 is 0 Å². The number of nitro groups is 1. The lowest BCUT2D eigenvalue weighted by molar-refractivity contribution is -0.383. The molecule has 0 aliphatic rings. The van der Waals surface area contributed by atoms with Gasteiger partial charge in [0, 0.05) is 10.8 Å². The summed E-state index contributed by atoms with van der Waals surface area (Å²) in [6.07, 6.45) is 0. The van der Waals surface area contributed by atoms with Crippen molar-refractivity contribution in [2.24, 2.45) is 0 Å². The van der Waals surface area contributed by atoms with Crippen LogP contribution in [0.5, 0.6) is 0 Å². The van der Waals surface area contributed by atoms with Crippen LogP contribution in [0.4, 0.5) is 5.69 Å². The molecule has 0 saturated carbocycles. The van der Waals surface area contributed by atoms with Crippen molar-refractivity contribution >= 4 is 39.5 Å². The normalized spacial score (nSPS) is 9.54. The van der Waals surface area contributed by atoms with Crippen molar-refractivity contribution in [3.05, 3.63) is 39.8 Å². The van der Waals surface area contributed by atoms with Gasteiger partial charge in [-0.25, -0.2) is 0 Å². The second-order valence-electron chi connectivity index (χ2n) is 2.37. The van der Waals surface area contributed by atoms with Crippen molar-refractivity contribution in [3.8, 4) is 0 Å². The molecule has 1 aromatic carbocycles. The van der Waals surface area contributed by atoms with E-state index in [1.807, 2.05) is 11.4 Å². The van der Waals surface area contributed by atoms with Gasteiger partial charge in [0.25, 0.3) is 5.69 Å². The highest BCUT2D eigenvalue weighted by molar-refractivity contribution is 7.17. The van der Waals surface area contributed by atoms with E-state index in [0.717, 1.165) is 10.1 Å². The first-order chi connectivity index (χ1) is 5.79. The number of hydrogen-bond donors (Lipinski definition) is 0. The Morgan fingerprint density at radius 2 is 2.08 bits per heavy atom. The minimum absolute atomic E-state index is 0. The highest BCUT2D eigenvalue weighted by Gasteiger charge is 2.10. The van der Waals surface area contributed by atoms with Gasteiger partial charge in [-0.2, -0.15) is 0 Å². The van der Waals surface area contributed by atoms with Crippen molar-refractivity contribution in [1.82, 2.24) is 0 Å². The van der Waals surface area contributed by atoms with E-state index in [1.54, 1.807) is 12.1 Å². The van der Waals surface area contributed by atoms with Gasteiger partial charge in [-0.15, -0.1) is 23.7 Å². The minimum Gasteiger partial charge on any atom is -0.258 e. The lowest BCUT2D eigenvalue weighted by Crippen LogP contribution is -1.86. The Kier molecular flexibility index (Phi) is 2.85. The van der Waals surface area contributed by atoms with Crippen LogP contribution in [0.1, 0.15) is 0 Å². The zero-order chi connectivity index (χ0) is 8.55. The fraction of sp³-hybridized carbons (Fsp3) is 0. The Morgan fingerprint density at radius 3 is 2.77 bits per heavy atom. The summed E-state index contributed by atoms with van der Waals surface area (Å²) in [5, 5.41) is 13.1. The third kappa shape index (κ3) is 1.64. The number of hydrogen-bond acceptors (Lipinski definition) is 3. The van der Waals surface area contributed by atoms with Crippen LogP contribution in [0.25, 0.3) is 10.1 Å². The summed E-state index contributed by atoms with van der Waals surface area (Å²) in [4.78, 5) is 10.2. The number of fused-ring (bicyclic) bond motifs is 1. The number of rotatable bonds is 1. The smallest absolute Gasteiger partial charge is 0.258 e. The van der Waals surface area contributed by atoms with Crippen LogP contribution < -0.4 is 0 Å². The van der Waals surface area contributed by atoms with Gasteiger partial charge in [-0.05, 0) is 17.5 Å². The molecule has 2 aromatic rings. The average molecular weight is 216 g/mol. The molecule has 0 unspecified atom stereocenters. The fourth-order valence-electron chi connectivity index (χ4n) is 1.14. The Morgan fingerprint density at radius 1 is 1.31 bits per heavy atom. The molecule has 0 aliphatic carbocycles. The standard InChI is InChI=1S/C8H5NO2S.ClH/c10-9(11)7-2-1-3-8-6(7)4-5-12-8;/h1-5H;1H. The van der Waals surface area contributed by atoms with Gasteiger partial charge in [0.15, 0.2) is 0 Å². The highest BCUT2D eigenvalue weighted by Crippen LogP contribution is 2.28. The molecule has 0 N–H and O–H groups in total. The summed E-state index contributed by atoms with van der Waals surface area (Å²) < 4.78 is 0.962. The number of halogens is 1. The van der Waals surface area contributed by atoms with Gasteiger partial charge in [0.05, 0.1) is 10.3 Å². The van der Waals surface area contributed by atoms with Gasteiger partial charge in [0.2, 0.25) is 0 Å². The van der Waals surface area contributed by atoms with Crippen molar-refractivity contribution in [1.29, 1.82) is 0 Å². The zero-order valence-corrected chi connectivity index (χ0v) is 8.10. The molecule has 3 nitrogen and oxygen atoms in total. The first-order valence-electron chi connectivity index (χ1n) is 3.39. The first kappa shape index (κ1) is 9.95. The third-order valence-corrected chi connectivity index (χ3v) is 2.55. The number of benzene rings is 1. The summed E-state index contributed by atoms with van der Waals surface area (Å²) in [5.41, 5.74) is 0.189. The maximum absolute atomic E-state index is 10.5. The predicted molar refractivity (Wildman–Crippen MR) is 55.7 cm³/mol. The first-order valence-corrected chi connectivity index (χ1v) is 4.27. The third-order valence-electron chi connectivity index (χ3n) is 1.67. The molecule has 0 saturated heterocycles. The molecule has 1 heterocycles. The van der Waals surface area contributed by atoms with E-state index >= 15 is 0 Å². The Balaban J connectivity index is 0.000000845. The van der Waals surface area contributed by atoms with Crippen LogP contribution in [-0.2, 0) is 0 Å². The highest BCUT2D eigenvalue weighted by atomic mass is 35.5. The van der Waals surface area contributed by atoms with E-state index in [2.05, 4.69) is 0 Å². The summed E-state index contributed by atoms with van der Waals surface area (Å²) in [6.45, 7) is 0. The summed E-state index contributed by atoms with van der Waals surface area (Å²) in [5.74, 6) is 0. The molecular weight excluding hydrogens is 210 g/mol. The van der Waals surface area contributed by atoms with E-state index in [-0.39, 0.29) is 23.0 Å². The van der Waals surface area contributed by atoms with E-state index in [4.69, 9.17) is 0 Å². The summed E-state index contributed by atoms with van der Waals surface area (Å²) >= 11 is 1.51. The lowest BCUT2D eigenvalue weighted by Gasteiger charge is -1.91. The molecule has 0 bridgehead atoms. The van der Waals surface area contributed by atoms with Crippen molar-refractivity contribution in [2.75, 3.05) is 0 Å². The van der Waals surface area contributed by atoms with Crippen LogP contribution in [0, 0.1) is 10.1 Å². The summed E-state index contributed by atoms with van der Waals surface area (Å²) in [6, 6.07) is 6.89. The molecule has 0 fully saturated rings. The monoisotopic (exact) mass is 215 g/mol. The molecule has 68 valence electrons. The van der Waals surface area contributed by atoms with Crippen LogP contribution in [0.15, 0.2) is 29.6 Å². The molecule has 13 heavy (non-hydrogen) atoms. The van der Waals surface area contributed by atoms with Crippen molar-refractivity contribution in [2.45, 2.75) is 0 Å². The Labute approximate surface area is 84.6 Å². The Hall–Kier alpha value is -1.13. The maximum atomic E-state index is 10.5. The topological polar surface area (TPSA) is 43.1 Å². The van der Waals surface area contributed by atoms with Crippen molar-refractivity contribution in [3.63, 3.8) is 0 Å². The number of thiophene rings is 1. The van der Waals surface area contributed by atoms with Crippen LogP contribution in [-0.4, -0.2) is 4.92 Å². The predicted octanol–water partition coefficient (Wildman–Crippen LogP) is 3.23. The number of nitro benzene ring substituents is 1. The molecule has 0 aliphatic heterocycles. The van der Waals surface area contributed by atoms with Gasteiger partial charge in [-0.1, -0.05) is 6.07 Å². The van der Waals surface area contributed by atoms with E-state index < -0.39 is 0 Å². The van der Waals surface area contributed by atoms with Crippen LogP contribution >= 0.6 is 23.7 Å². The SMILES string of the molecule is Cl.O=[N+]([O-])c1cccc2sccc12. The molecule has 0 atom stereocenters. The van der Waals surface area contributed by atoms with Gasteiger partial charge in [0.1, 0.15) is 0 Å². The molecular formula is C8H6ClNO2S. The average Bonchev–Trinajstić information content (AvgIpc) is 2.49.